The summed E-state index contributed by atoms with van der Waals surface area (Å²) in [5.74, 6) is -0.462. The van der Waals surface area contributed by atoms with Crippen LogP contribution in [-0.2, 0) is 9.59 Å². The van der Waals surface area contributed by atoms with Gasteiger partial charge in [0.2, 0.25) is 6.08 Å². The largest absolute Gasteiger partial charge is 0.308 e. The van der Waals surface area contributed by atoms with Gasteiger partial charge in [-0.3, -0.25) is 4.79 Å². The van der Waals surface area contributed by atoms with Crippen LogP contribution >= 0.6 is 0 Å². The molecule has 11 heavy (non-hydrogen) atoms. The Morgan fingerprint density at radius 2 is 2.36 bits per heavy atom. The summed E-state index contributed by atoms with van der Waals surface area (Å²) < 4.78 is 0. The van der Waals surface area contributed by atoms with Crippen molar-refractivity contribution in [2.24, 2.45) is 4.99 Å². The lowest BCUT2D eigenvalue weighted by atomic mass is 10.3. The Kier molecular flexibility index (Phi) is 6.48. The van der Waals surface area contributed by atoms with Crippen LogP contribution in [-0.4, -0.2) is 25.1 Å². The van der Waals surface area contributed by atoms with E-state index in [2.05, 4.69) is 17.2 Å². The maximum Gasteiger partial charge on any atom is 0.270 e. The van der Waals surface area contributed by atoms with Gasteiger partial charge in [-0.1, -0.05) is 13.3 Å². The summed E-state index contributed by atoms with van der Waals surface area (Å²) in [6, 6.07) is 0. The fraction of sp³-hybridized carbons (Fsp3) is 0.714. The number of carbonyl (C=O) groups excluding carboxylic acids is 2. The van der Waals surface area contributed by atoms with Gasteiger partial charge in [0.05, 0.1) is 6.54 Å². The zero-order valence-electron chi connectivity index (χ0n) is 6.59. The Balaban J connectivity index is 3.24. The van der Waals surface area contributed by atoms with Gasteiger partial charge in [-0.25, -0.2) is 4.79 Å². The molecule has 0 aliphatic heterocycles. The first-order chi connectivity index (χ1) is 5.31. The van der Waals surface area contributed by atoms with Gasteiger partial charge in [-0.15, -0.1) is 4.99 Å². The second-order valence-electron chi connectivity index (χ2n) is 2.13. The molecule has 1 amide bonds. The molecule has 0 heterocycles. The highest BCUT2D eigenvalue weighted by molar-refractivity contribution is 5.83. The van der Waals surface area contributed by atoms with Crippen LogP contribution in [0, 0.1) is 0 Å². The molecule has 62 valence electrons. The lowest BCUT2D eigenvalue weighted by Crippen LogP contribution is -2.22. The highest BCUT2D eigenvalue weighted by atomic mass is 16.2. The van der Waals surface area contributed by atoms with E-state index in [1.807, 2.05) is 0 Å². The molecule has 0 aromatic heterocycles. The number of nitrogens with one attached hydrogen (secondary N) is 1. The van der Waals surface area contributed by atoms with E-state index in [9.17, 15) is 9.59 Å². The maximum absolute atomic E-state index is 10.5. The molecule has 4 nitrogen and oxygen atoms in total. The third-order valence-electron chi connectivity index (χ3n) is 1.15. The monoisotopic (exact) mass is 156 g/mol. The molecule has 0 saturated carbocycles. The number of unbranched alkanes of at least 4 members (excludes halogenated alkanes) is 1. The SMILES string of the molecule is CCCCNCC(=O)N=C=O. The van der Waals surface area contributed by atoms with Crippen molar-refractivity contribution in [3.63, 3.8) is 0 Å². The zero-order chi connectivity index (χ0) is 8.53. The predicted molar refractivity (Wildman–Crippen MR) is 40.9 cm³/mol. The molecule has 0 rings (SSSR count). The molecule has 0 unspecified atom stereocenters. The molecule has 0 aliphatic carbocycles. The van der Waals surface area contributed by atoms with Crippen LogP contribution in [0.3, 0.4) is 0 Å². The first-order valence-corrected chi connectivity index (χ1v) is 3.62. The lowest BCUT2D eigenvalue weighted by molar-refractivity contribution is -0.116. The van der Waals surface area contributed by atoms with E-state index in [0.717, 1.165) is 19.4 Å². The van der Waals surface area contributed by atoms with Crippen LogP contribution in [0.25, 0.3) is 0 Å². The fourth-order valence-electron chi connectivity index (χ4n) is 0.588. The molecule has 0 spiro atoms. The smallest absolute Gasteiger partial charge is 0.270 e. The van der Waals surface area contributed by atoms with Gasteiger partial charge >= 0.3 is 0 Å². The quantitative estimate of drug-likeness (QED) is 0.352. The van der Waals surface area contributed by atoms with Gasteiger partial charge in [0, 0.05) is 0 Å². The molecule has 0 bridgehead atoms. The minimum absolute atomic E-state index is 0.134. The van der Waals surface area contributed by atoms with E-state index >= 15 is 0 Å². The highest BCUT2D eigenvalue weighted by Gasteiger charge is 1.95. The van der Waals surface area contributed by atoms with Crippen LogP contribution in [0.1, 0.15) is 19.8 Å². The number of aliphatic imine (C=N–C) groups is 1. The number of isocyanates is 1. The minimum Gasteiger partial charge on any atom is -0.308 e. The maximum atomic E-state index is 10.5. The Bertz CT molecular complexity index is 162. The van der Waals surface area contributed by atoms with E-state index in [1.165, 1.54) is 6.08 Å². The van der Waals surface area contributed by atoms with E-state index < -0.39 is 5.91 Å². The number of rotatable bonds is 5. The highest BCUT2D eigenvalue weighted by Crippen LogP contribution is 1.81. The van der Waals surface area contributed by atoms with Gasteiger partial charge < -0.3 is 5.32 Å². The first-order valence-electron chi connectivity index (χ1n) is 3.62. The van der Waals surface area contributed by atoms with Crippen LogP contribution in [0.2, 0.25) is 0 Å². The van der Waals surface area contributed by atoms with E-state index in [0.29, 0.717) is 0 Å². The third-order valence-corrected chi connectivity index (χ3v) is 1.15. The van der Waals surface area contributed by atoms with Gasteiger partial charge in [0.1, 0.15) is 0 Å². The Morgan fingerprint density at radius 1 is 1.64 bits per heavy atom. The molecule has 1 N–H and O–H groups in total. The summed E-state index contributed by atoms with van der Waals surface area (Å²) in [6.45, 7) is 2.99. The van der Waals surface area contributed by atoms with Crippen molar-refractivity contribution in [2.45, 2.75) is 19.8 Å². The molecule has 0 aromatic rings. The molecule has 0 fully saturated rings. The van der Waals surface area contributed by atoms with Crippen LogP contribution < -0.4 is 5.32 Å². The van der Waals surface area contributed by atoms with Gasteiger partial charge in [0.25, 0.3) is 5.91 Å². The number of amides is 1. The van der Waals surface area contributed by atoms with Gasteiger partial charge in [0.15, 0.2) is 0 Å². The molecular formula is C7H12N2O2. The number of hydrogen-bond donors (Lipinski definition) is 1. The molecule has 0 saturated heterocycles. The van der Waals surface area contributed by atoms with Crippen LogP contribution in [0.4, 0.5) is 0 Å². The van der Waals surface area contributed by atoms with E-state index in [1.54, 1.807) is 0 Å². The lowest BCUT2D eigenvalue weighted by Gasteiger charge is -1.97. The second-order valence-corrected chi connectivity index (χ2v) is 2.13. The molecule has 0 aliphatic rings. The predicted octanol–water partition coefficient (Wildman–Crippen LogP) is 0.238. The topological polar surface area (TPSA) is 58.5 Å². The average molecular weight is 156 g/mol. The number of nitrogens with zero attached hydrogens (tertiary/aromatic N) is 1. The summed E-state index contributed by atoms with van der Waals surface area (Å²) in [5.41, 5.74) is 0. The molecule has 0 atom stereocenters. The summed E-state index contributed by atoms with van der Waals surface area (Å²) >= 11 is 0. The van der Waals surface area contributed by atoms with Crippen LogP contribution in [0.5, 0.6) is 0 Å². The molecule has 4 heteroatoms. The summed E-state index contributed by atoms with van der Waals surface area (Å²) in [7, 11) is 0. The summed E-state index contributed by atoms with van der Waals surface area (Å²) in [4.78, 5) is 23.0. The Morgan fingerprint density at radius 3 is 2.91 bits per heavy atom. The van der Waals surface area contributed by atoms with Crippen molar-refractivity contribution >= 4 is 12.0 Å². The van der Waals surface area contributed by atoms with Crippen LogP contribution in [0.15, 0.2) is 4.99 Å². The van der Waals surface area contributed by atoms with E-state index in [4.69, 9.17) is 0 Å². The zero-order valence-corrected chi connectivity index (χ0v) is 6.59. The van der Waals surface area contributed by atoms with Crippen molar-refractivity contribution in [3.05, 3.63) is 0 Å². The minimum atomic E-state index is -0.462. The standard InChI is InChI=1S/C7H12N2O2/c1-2-3-4-8-5-7(11)9-6-10/h8H,2-5H2,1H3. The fourth-order valence-corrected chi connectivity index (χ4v) is 0.588. The Hall–Kier alpha value is -0.990. The number of hydrogen-bond acceptors (Lipinski definition) is 3. The van der Waals surface area contributed by atoms with Crippen molar-refractivity contribution in [3.8, 4) is 0 Å². The van der Waals surface area contributed by atoms with E-state index in [-0.39, 0.29) is 6.54 Å². The summed E-state index contributed by atoms with van der Waals surface area (Å²) in [5, 5.41) is 2.85. The average Bonchev–Trinajstić information content (AvgIpc) is 1.99. The second kappa shape index (κ2) is 7.12. The normalized spacial score (nSPS) is 8.82. The number of carbonyl (C=O) groups is 1. The third kappa shape index (κ3) is 6.90. The van der Waals surface area contributed by atoms with Crippen molar-refractivity contribution < 1.29 is 9.59 Å². The summed E-state index contributed by atoms with van der Waals surface area (Å²) in [6.07, 6.45) is 3.30. The van der Waals surface area contributed by atoms with Gasteiger partial charge in [-0.05, 0) is 13.0 Å². The molecular weight excluding hydrogens is 144 g/mol. The van der Waals surface area contributed by atoms with Gasteiger partial charge in [-0.2, -0.15) is 0 Å². The molecule has 0 aromatic carbocycles. The molecule has 0 radical (unpaired) electrons. The Labute approximate surface area is 65.7 Å². The van der Waals surface area contributed by atoms with Crippen molar-refractivity contribution in [1.82, 2.24) is 5.32 Å². The van der Waals surface area contributed by atoms with Crippen molar-refractivity contribution in [2.75, 3.05) is 13.1 Å². The first kappa shape index (κ1) is 10.0. The van der Waals surface area contributed by atoms with Crippen molar-refractivity contribution in [1.29, 1.82) is 0 Å².